The van der Waals surface area contributed by atoms with Gasteiger partial charge < -0.3 is 78.4 Å². The first-order valence-electron chi connectivity index (χ1n) is 23.9. The maximum absolute atomic E-state index is 12.6. The number of esters is 1. The standard InChI is InChI=1S/C47H70O18/c1-20-30(48)9-10-32(58-20)63-39-33(50)21(2)60-43(36(39)53)65-41-35(52)23(4)61-44(38(41)55)64-40-34(51)22(3)59-42(37(40)54)62-26-11-14-45(5)25(18-26)7-8-29-28(45)12-15-46(6)27(13-16-47(29,46)56)24-17-31(49)57-19-24/h9-10,17,20-23,25-29,32-44,50-56H,7-8,11-16,18-19H2,1-6H3/t20?,21?,22?,23?,25-,26-,27+,28?,29+,32-,33?,34?,35?,36-,37-,38-,39-,40-,41-,42?,43?,44?,45?,46?,47-/m0/s1. The molecule has 366 valence electrons. The molecule has 65 heavy (non-hydrogen) atoms. The summed E-state index contributed by atoms with van der Waals surface area (Å²) in [6, 6.07) is 0. The highest BCUT2D eigenvalue weighted by Gasteiger charge is 2.68. The first kappa shape index (κ1) is 48.1. The summed E-state index contributed by atoms with van der Waals surface area (Å²) in [4.78, 5) is 23.9. The second-order valence-electron chi connectivity index (χ2n) is 21.1. The largest absolute Gasteiger partial charge is 0.458 e. The van der Waals surface area contributed by atoms with E-state index in [4.69, 9.17) is 42.6 Å². The van der Waals surface area contributed by atoms with Gasteiger partial charge in [0.25, 0.3) is 0 Å². The first-order chi connectivity index (χ1) is 30.7. The van der Waals surface area contributed by atoms with E-state index in [1.165, 1.54) is 26.0 Å². The second-order valence-corrected chi connectivity index (χ2v) is 21.1. The normalized spacial score (nSPS) is 54.6. The van der Waals surface area contributed by atoms with E-state index in [0.717, 1.165) is 50.5 Å². The number of fused-ring (bicyclic) bond motifs is 5. The Hall–Kier alpha value is -1.98. The summed E-state index contributed by atoms with van der Waals surface area (Å²) in [5, 5.41) is 80.8. The lowest BCUT2D eigenvalue weighted by Crippen LogP contribution is -2.66. The predicted molar refractivity (Wildman–Crippen MR) is 223 cm³/mol. The van der Waals surface area contributed by atoms with Crippen molar-refractivity contribution in [1.29, 1.82) is 0 Å². The molecule has 4 saturated carbocycles. The Bertz CT molecular complexity index is 1830. The van der Waals surface area contributed by atoms with Gasteiger partial charge in [-0.2, -0.15) is 0 Å². The molecular weight excluding hydrogens is 852 g/mol. The maximum Gasteiger partial charge on any atom is 0.331 e. The van der Waals surface area contributed by atoms with E-state index in [9.17, 15) is 45.3 Å². The van der Waals surface area contributed by atoms with Gasteiger partial charge in [0, 0.05) is 11.5 Å². The van der Waals surface area contributed by atoms with Crippen LogP contribution in [0.5, 0.6) is 0 Å². The van der Waals surface area contributed by atoms with Gasteiger partial charge in [-0.1, -0.05) is 13.8 Å². The number of carbonyl (C=O) groups is 2. The molecule has 0 spiro atoms. The van der Waals surface area contributed by atoms with Crippen LogP contribution >= 0.6 is 0 Å². The van der Waals surface area contributed by atoms with Crippen molar-refractivity contribution in [3.63, 3.8) is 0 Å². The number of hydrogen-bond acceptors (Lipinski definition) is 18. The molecule has 18 nitrogen and oxygen atoms in total. The average molecular weight is 923 g/mol. The Morgan fingerprint density at radius 3 is 1.75 bits per heavy atom. The predicted octanol–water partition coefficient (Wildman–Crippen LogP) is 1.05. The molecule has 13 unspecified atom stereocenters. The number of ether oxygens (including phenoxy) is 9. The first-order valence-corrected chi connectivity index (χ1v) is 23.9. The quantitative estimate of drug-likeness (QED) is 0.126. The lowest BCUT2D eigenvalue weighted by molar-refractivity contribution is -0.380. The summed E-state index contributed by atoms with van der Waals surface area (Å²) in [6.07, 6.45) is -10.6. The zero-order valence-electron chi connectivity index (χ0n) is 38.1. The number of carbonyl (C=O) groups excluding carboxylic acids is 2. The molecule has 0 aromatic rings. The zero-order valence-corrected chi connectivity index (χ0v) is 38.1. The number of aliphatic hydroxyl groups excluding tert-OH is 6. The molecule has 4 aliphatic carbocycles. The molecule has 3 saturated heterocycles. The molecule has 7 fully saturated rings. The van der Waals surface area contributed by atoms with Crippen LogP contribution in [0.2, 0.25) is 0 Å². The van der Waals surface area contributed by atoms with Crippen LogP contribution in [0.3, 0.4) is 0 Å². The van der Waals surface area contributed by atoms with Crippen LogP contribution < -0.4 is 0 Å². The van der Waals surface area contributed by atoms with E-state index < -0.39 is 110 Å². The Morgan fingerprint density at radius 2 is 1.20 bits per heavy atom. The van der Waals surface area contributed by atoms with Crippen molar-refractivity contribution in [3.05, 3.63) is 23.8 Å². The van der Waals surface area contributed by atoms with Gasteiger partial charge in [0.15, 0.2) is 30.9 Å². The summed E-state index contributed by atoms with van der Waals surface area (Å²) in [5.74, 6) is 0.364. The third kappa shape index (κ3) is 8.30. The topological polar surface area (TPSA) is 259 Å². The van der Waals surface area contributed by atoms with Crippen LogP contribution in [-0.2, 0) is 52.2 Å². The third-order valence-corrected chi connectivity index (χ3v) is 17.6. The minimum atomic E-state index is -1.73. The molecule has 0 aromatic carbocycles. The monoisotopic (exact) mass is 922 g/mol. The maximum atomic E-state index is 12.6. The van der Waals surface area contributed by atoms with Crippen molar-refractivity contribution < 1.29 is 88.0 Å². The molecule has 5 aliphatic heterocycles. The van der Waals surface area contributed by atoms with Gasteiger partial charge >= 0.3 is 5.97 Å². The number of hydrogen-bond donors (Lipinski definition) is 7. The van der Waals surface area contributed by atoms with Gasteiger partial charge in [0.05, 0.1) is 30.0 Å². The van der Waals surface area contributed by atoms with Crippen molar-refractivity contribution in [2.75, 3.05) is 6.61 Å². The van der Waals surface area contributed by atoms with Gasteiger partial charge in [-0.05, 0) is 132 Å². The Labute approximate surface area is 379 Å². The van der Waals surface area contributed by atoms with Crippen molar-refractivity contribution in [2.24, 2.45) is 34.5 Å². The average Bonchev–Trinajstić information content (AvgIpc) is 3.82. The fourth-order valence-corrected chi connectivity index (χ4v) is 13.7. The summed E-state index contributed by atoms with van der Waals surface area (Å²) in [6.45, 7) is 11.1. The lowest BCUT2D eigenvalue weighted by atomic mass is 9.43. The highest BCUT2D eigenvalue weighted by molar-refractivity contribution is 5.93. The molecular formula is C47H70O18. The van der Waals surface area contributed by atoms with Crippen LogP contribution in [0.25, 0.3) is 0 Å². The van der Waals surface area contributed by atoms with E-state index in [1.807, 2.05) is 0 Å². The molecule has 9 aliphatic rings. The summed E-state index contributed by atoms with van der Waals surface area (Å²) >= 11 is 0. The van der Waals surface area contributed by atoms with Crippen LogP contribution in [0.15, 0.2) is 23.8 Å². The van der Waals surface area contributed by atoms with Crippen molar-refractivity contribution in [2.45, 2.75) is 216 Å². The minimum Gasteiger partial charge on any atom is -0.458 e. The summed E-state index contributed by atoms with van der Waals surface area (Å²) in [7, 11) is 0. The SMILES string of the molecule is CC1O[C@@H](O[C@H]2C(O)C(C)OC(O[C@H]3C(O)C(C)OC(O[C@H]4C(O)C(C)OC(O[C@H]5CCC6(C)C7CCC8(C)[C@@H](C9=CC(=O)OC9)CC[C@]8(O)[C@@H]7CC[C@H]6C5)[C@H]4O)[C@H]3O)[C@H]2O)C=CC1=O. The van der Waals surface area contributed by atoms with E-state index in [1.54, 1.807) is 19.9 Å². The Morgan fingerprint density at radius 1 is 0.631 bits per heavy atom. The molecule has 0 aromatic heterocycles. The number of cyclic esters (lactones) is 1. The van der Waals surface area contributed by atoms with Crippen molar-refractivity contribution in [1.82, 2.24) is 0 Å². The molecule has 5 heterocycles. The highest BCUT2D eigenvalue weighted by Crippen LogP contribution is 2.70. The molecule has 18 heteroatoms. The zero-order chi connectivity index (χ0) is 46.5. The van der Waals surface area contributed by atoms with Crippen molar-refractivity contribution in [3.8, 4) is 0 Å². The van der Waals surface area contributed by atoms with Crippen LogP contribution in [0.4, 0.5) is 0 Å². The molecule has 0 amide bonds. The van der Waals surface area contributed by atoms with Gasteiger partial charge in [0.2, 0.25) is 0 Å². The van der Waals surface area contributed by atoms with Crippen LogP contribution in [0, 0.1) is 34.5 Å². The van der Waals surface area contributed by atoms with E-state index in [2.05, 4.69) is 13.8 Å². The fourth-order valence-electron chi connectivity index (χ4n) is 13.7. The summed E-state index contributed by atoms with van der Waals surface area (Å²) < 4.78 is 53.2. The highest BCUT2D eigenvalue weighted by atomic mass is 16.8. The Kier molecular flexibility index (Phi) is 13.4. The van der Waals surface area contributed by atoms with E-state index in [0.29, 0.717) is 31.3 Å². The minimum absolute atomic E-state index is 0.0227. The van der Waals surface area contributed by atoms with Gasteiger partial charge in [-0.3, -0.25) is 4.79 Å². The molecule has 0 radical (unpaired) electrons. The molecule has 7 N–H and O–H groups in total. The fraction of sp³-hybridized carbons (Fsp3) is 0.872. The summed E-state index contributed by atoms with van der Waals surface area (Å²) in [5.41, 5.74) is -0.153. The smallest absolute Gasteiger partial charge is 0.331 e. The van der Waals surface area contributed by atoms with Gasteiger partial charge in [-0.25, -0.2) is 4.79 Å². The van der Waals surface area contributed by atoms with E-state index >= 15 is 0 Å². The van der Waals surface area contributed by atoms with Crippen LogP contribution in [0.1, 0.15) is 99.3 Å². The van der Waals surface area contributed by atoms with Crippen LogP contribution in [-0.4, -0.2) is 170 Å². The lowest BCUT2D eigenvalue weighted by Gasteiger charge is -2.64. The van der Waals surface area contributed by atoms with Crippen molar-refractivity contribution >= 4 is 11.8 Å². The molecule has 25 atom stereocenters. The van der Waals surface area contributed by atoms with E-state index in [-0.39, 0.29) is 40.5 Å². The van der Waals surface area contributed by atoms with Gasteiger partial charge in [0.1, 0.15) is 67.6 Å². The molecule has 9 rings (SSSR count). The molecule has 0 bridgehead atoms. The number of rotatable bonds is 9. The Balaban J connectivity index is 0.831. The van der Waals surface area contributed by atoms with Gasteiger partial charge in [-0.15, -0.1) is 0 Å². The second kappa shape index (κ2) is 18.1. The number of ketones is 1. The number of aliphatic hydroxyl groups is 7. The third-order valence-electron chi connectivity index (χ3n) is 17.6.